The number of aromatic amines is 2. The molecule has 8 heteroatoms. The summed E-state index contributed by atoms with van der Waals surface area (Å²) >= 11 is 0. The number of amides is 2. The van der Waals surface area contributed by atoms with Gasteiger partial charge >= 0.3 is 0 Å². The molecule has 0 radical (unpaired) electrons. The van der Waals surface area contributed by atoms with Crippen LogP contribution in [-0.2, 0) is 11.2 Å². The van der Waals surface area contributed by atoms with E-state index in [9.17, 15) is 9.59 Å². The maximum absolute atomic E-state index is 12.6. The zero-order valence-corrected chi connectivity index (χ0v) is 16.5. The Balaban J connectivity index is 1.21. The van der Waals surface area contributed by atoms with Crippen LogP contribution in [0.1, 0.15) is 47.7 Å². The average Bonchev–Trinajstić information content (AvgIpc) is 3.36. The predicted molar refractivity (Wildman–Crippen MR) is 109 cm³/mol. The van der Waals surface area contributed by atoms with Gasteiger partial charge in [0, 0.05) is 42.2 Å². The molecule has 2 amide bonds. The Morgan fingerprint density at radius 2 is 2.00 bits per heavy atom. The highest BCUT2D eigenvalue weighted by Crippen LogP contribution is 2.25. The molecule has 0 spiro atoms. The van der Waals surface area contributed by atoms with Gasteiger partial charge in [0.25, 0.3) is 5.91 Å². The van der Waals surface area contributed by atoms with Gasteiger partial charge in [-0.25, -0.2) is 4.98 Å². The van der Waals surface area contributed by atoms with Crippen LogP contribution < -0.4 is 10.6 Å². The van der Waals surface area contributed by atoms with E-state index in [4.69, 9.17) is 0 Å². The third-order valence-corrected chi connectivity index (χ3v) is 5.54. The van der Waals surface area contributed by atoms with E-state index >= 15 is 0 Å². The molecule has 8 nitrogen and oxygen atoms in total. The number of fused-ring (bicyclic) bond motifs is 1. The Bertz CT molecular complexity index is 999. The minimum Gasteiger partial charge on any atom is -0.361 e. The molecule has 1 fully saturated rings. The molecule has 2 heterocycles. The van der Waals surface area contributed by atoms with Gasteiger partial charge in [-0.1, -0.05) is 6.07 Å². The fraction of sp³-hybridized carbons (Fsp3) is 0.429. The number of aromatic nitrogens is 4. The molecule has 0 aliphatic heterocycles. The maximum Gasteiger partial charge on any atom is 0.251 e. The van der Waals surface area contributed by atoms with E-state index in [-0.39, 0.29) is 23.8 Å². The van der Waals surface area contributed by atoms with Crippen LogP contribution in [0.5, 0.6) is 0 Å². The molecule has 4 rings (SSSR count). The number of rotatable bonds is 6. The van der Waals surface area contributed by atoms with Gasteiger partial charge in [0.1, 0.15) is 5.82 Å². The van der Waals surface area contributed by atoms with Crippen molar-refractivity contribution >= 4 is 22.7 Å². The van der Waals surface area contributed by atoms with E-state index in [0.717, 1.165) is 42.4 Å². The van der Waals surface area contributed by atoms with Crippen molar-refractivity contribution < 1.29 is 9.59 Å². The Morgan fingerprint density at radius 1 is 1.17 bits per heavy atom. The molecule has 1 aliphatic carbocycles. The van der Waals surface area contributed by atoms with E-state index in [1.165, 1.54) is 0 Å². The molecule has 1 aromatic carbocycles. The lowest BCUT2D eigenvalue weighted by molar-refractivity contribution is -0.126. The average molecular weight is 394 g/mol. The second-order valence-corrected chi connectivity index (χ2v) is 7.68. The molecule has 152 valence electrons. The summed E-state index contributed by atoms with van der Waals surface area (Å²) in [5.41, 5.74) is 1.61. The van der Waals surface area contributed by atoms with Crippen molar-refractivity contribution in [3.63, 3.8) is 0 Å². The van der Waals surface area contributed by atoms with E-state index < -0.39 is 0 Å². The second-order valence-electron chi connectivity index (χ2n) is 7.68. The van der Waals surface area contributed by atoms with Crippen LogP contribution in [-0.4, -0.2) is 44.6 Å². The molecule has 0 atom stereocenters. The van der Waals surface area contributed by atoms with Crippen molar-refractivity contribution in [1.29, 1.82) is 0 Å². The molecular formula is C21H26N6O2. The van der Waals surface area contributed by atoms with Gasteiger partial charge in [-0.3, -0.25) is 14.7 Å². The molecular weight excluding hydrogens is 368 g/mol. The monoisotopic (exact) mass is 394 g/mol. The lowest BCUT2D eigenvalue weighted by atomic mass is 9.85. The molecule has 0 saturated heterocycles. The van der Waals surface area contributed by atoms with Gasteiger partial charge in [0.15, 0.2) is 5.82 Å². The largest absolute Gasteiger partial charge is 0.361 e. The first kappa shape index (κ1) is 19.2. The topological polar surface area (TPSA) is 116 Å². The van der Waals surface area contributed by atoms with Crippen LogP contribution in [0.2, 0.25) is 0 Å². The number of H-pyrrole nitrogens is 2. The molecule has 1 saturated carbocycles. The Hall–Kier alpha value is -3.16. The first-order valence-electron chi connectivity index (χ1n) is 10.1. The number of hydrogen-bond donors (Lipinski definition) is 4. The summed E-state index contributed by atoms with van der Waals surface area (Å²) in [7, 11) is 0. The highest BCUT2D eigenvalue weighted by Gasteiger charge is 2.27. The standard InChI is InChI=1S/C21H26N6O2/c1-13-24-19(27-26-13)9-11-23-20(28)15-4-6-17(7-5-15)25-21(29)16-3-2-14-8-10-22-18(14)12-16/h2-3,8,10,12,15,17,22H,4-7,9,11H2,1H3,(H,23,28)(H,25,29)(H,24,26,27). The van der Waals surface area contributed by atoms with Crippen molar-refractivity contribution in [2.75, 3.05) is 6.54 Å². The molecule has 3 aromatic rings. The lowest BCUT2D eigenvalue weighted by Gasteiger charge is -2.28. The lowest BCUT2D eigenvalue weighted by Crippen LogP contribution is -2.41. The number of benzene rings is 1. The summed E-state index contributed by atoms with van der Waals surface area (Å²) in [5, 5.41) is 14.1. The van der Waals surface area contributed by atoms with Gasteiger partial charge in [0.05, 0.1) is 0 Å². The Kier molecular flexibility index (Phi) is 5.59. The SMILES string of the molecule is Cc1nc(CCNC(=O)C2CCC(NC(=O)c3ccc4cc[nH]c4c3)CC2)n[nH]1. The van der Waals surface area contributed by atoms with E-state index in [0.29, 0.717) is 24.4 Å². The van der Waals surface area contributed by atoms with Crippen molar-refractivity contribution in [3.8, 4) is 0 Å². The van der Waals surface area contributed by atoms with Crippen molar-refractivity contribution in [2.45, 2.75) is 45.1 Å². The van der Waals surface area contributed by atoms with Gasteiger partial charge in [-0.15, -0.1) is 0 Å². The number of aryl methyl sites for hydroxylation is 1. The fourth-order valence-corrected chi connectivity index (χ4v) is 3.90. The van der Waals surface area contributed by atoms with Gasteiger partial charge < -0.3 is 15.6 Å². The first-order valence-corrected chi connectivity index (χ1v) is 10.1. The number of hydrogen-bond acceptors (Lipinski definition) is 4. The minimum absolute atomic E-state index is 0.00676. The van der Waals surface area contributed by atoms with Gasteiger partial charge in [0.2, 0.25) is 5.91 Å². The number of carbonyl (C=O) groups excluding carboxylic acids is 2. The molecule has 0 bridgehead atoms. The van der Waals surface area contributed by atoms with Crippen LogP contribution in [0.4, 0.5) is 0 Å². The van der Waals surface area contributed by atoms with Crippen LogP contribution >= 0.6 is 0 Å². The van der Waals surface area contributed by atoms with Crippen molar-refractivity contribution in [2.24, 2.45) is 5.92 Å². The molecule has 4 N–H and O–H groups in total. The third kappa shape index (κ3) is 4.64. The van der Waals surface area contributed by atoms with Crippen LogP contribution in [0.3, 0.4) is 0 Å². The number of nitrogens with zero attached hydrogens (tertiary/aromatic N) is 2. The maximum atomic E-state index is 12.6. The van der Waals surface area contributed by atoms with Gasteiger partial charge in [-0.05, 0) is 56.2 Å². The van der Waals surface area contributed by atoms with Gasteiger partial charge in [-0.2, -0.15) is 5.10 Å². The summed E-state index contributed by atoms with van der Waals surface area (Å²) < 4.78 is 0. The second kappa shape index (κ2) is 8.46. The molecule has 2 aromatic heterocycles. The zero-order chi connectivity index (χ0) is 20.2. The summed E-state index contributed by atoms with van der Waals surface area (Å²) in [6.45, 7) is 2.39. The van der Waals surface area contributed by atoms with E-state index in [1.807, 2.05) is 37.4 Å². The number of nitrogens with one attached hydrogen (secondary N) is 4. The van der Waals surface area contributed by atoms with E-state index in [2.05, 4.69) is 30.8 Å². The summed E-state index contributed by atoms with van der Waals surface area (Å²) in [5.74, 6) is 1.52. The van der Waals surface area contributed by atoms with E-state index in [1.54, 1.807) is 0 Å². The number of carbonyl (C=O) groups is 2. The van der Waals surface area contributed by atoms with Crippen LogP contribution in [0.15, 0.2) is 30.5 Å². The summed E-state index contributed by atoms with van der Waals surface area (Å²) in [4.78, 5) is 32.3. The third-order valence-electron chi connectivity index (χ3n) is 5.54. The molecule has 1 aliphatic rings. The minimum atomic E-state index is -0.0591. The van der Waals surface area contributed by atoms with Crippen molar-refractivity contribution in [3.05, 3.63) is 47.7 Å². The summed E-state index contributed by atoms with van der Waals surface area (Å²) in [6, 6.07) is 7.76. The summed E-state index contributed by atoms with van der Waals surface area (Å²) in [6.07, 6.45) is 5.68. The first-order chi connectivity index (χ1) is 14.1. The van der Waals surface area contributed by atoms with Crippen LogP contribution in [0.25, 0.3) is 10.9 Å². The normalized spacial score (nSPS) is 19.2. The van der Waals surface area contributed by atoms with Crippen molar-refractivity contribution in [1.82, 2.24) is 30.8 Å². The zero-order valence-electron chi connectivity index (χ0n) is 16.5. The highest BCUT2D eigenvalue weighted by atomic mass is 16.2. The fourth-order valence-electron chi connectivity index (χ4n) is 3.90. The predicted octanol–water partition coefficient (Wildman–Crippen LogP) is 2.24. The highest BCUT2D eigenvalue weighted by molar-refractivity contribution is 5.98. The molecule has 29 heavy (non-hydrogen) atoms. The van der Waals surface area contributed by atoms with Crippen LogP contribution in [0, 0.1) is 12.8 Å². The Morgan fingerprint density at radius 3 is 2.76 bits per heavy atom. The molecule has 0 unspecified atom stereocenters. The Labute approximate surface area is 168 Å². The smallest absolute Gasteiger partial charge is 0.251 e. The quantitative estimate of drug-likeness (QED) is 0.513.